The van der Waals surface area contributed by atoms with Crippen molar-refractivity contribution in [3.8, 4) is 0 Å². The van der Waals surface area contributed by atoms with Gasteiger partial charge in [-0.3, -0.25) is 9.59 Å². The van der Waals surface area contributed by atoms with Gasteiger partial charge in [-0.25, -0.2) is 0 Å². The Hall–Kier alpha value is -0.640. The number of fused-ring (bicyclic) bond motifs is 1. The van der Waals surface area contributed by atoms with Crippen LogP contribution in [-0.4, -0.2) is 18.4 Å². The molecule has 0 aromatic carbocycles. The molecular weight excluding hydrogens is 272 g/mol. The molecule has 0 saturated heterocycles. The van der Waals surface area contributed by atoms with E-state index >= 15 is 0 Å². The molecule has 4 heteroatoms. The van der Waals surface area contributed by atoms with Gasteiger partial charge in [0.1, 0.15) is 0 Å². The van der Waals surface area contributed by atoms with Gasteiger partial charge in [-0.15, -0.1) is 0 Å². The van der Waals surface area contributed by atoms with Crippen molar-refractivity contribution in [2.75, 3.05) is 6.61 Å². The monoisotopic (exact) mass is 286 g/mol. The van der Waals surface area contributed by atoms with E-state index in [2.05, 4.69) is 15.9 Å². The molecule has 2 aliphatic rings. The van der Waals surface area contributed by atoms with Gasteiger partial charge < -0.3 is 4.74 Å². The molecule has 0 bridgehead atoms. The number of halogens is 1. The number of Topliss-reactive ketones (excluding diaryl/α,β-unsaturated/α-hetero) is 1. The van der Waals surface area contributed by atoms with Crippen LogP contribution in [0.4, 0.5) is 0 Å². The molecule has 0 amide bonds. The molecule has 0 unspecified atom stereocenters. The highest BCUT2D eigenvalue weighted by atomic mass is 79.9. The maximum absolute atomic E-state index is 12.1. The van der Waals surface area contributed by atoms with Crippen LogP contribution in [0, 0.1) is 11.3 Å². The highest BCUT2D eigenvalue weighted by Gasteiger charge is 2.55. The molecule has 2 aliphatic carbocycles. The summed E-state index contributed by atoms with van der Waals surface area (Å²) >= 11 is 3.28. The molecule has 88 valence electrons. The van der Waals surface area contributed by atoms with Crippen LogP contribution >= 0.6 is 15.9 Å². The number of esters is 1. The van der Waals surface area contributed by atoms with Crippen molar-refractivity contribution in [1.29, 1.82) is 0 Å². The fraction of sp³-hybridized carbons (Fsp3) is 0.667. The lowest BCUT2D eigenvalue weighted by atomic mass is 9.53. The van der Waals surface area contributed by atoms with E-state index in [1.54, 1.807) is 6.92 Å². The van der Waals surface area contributed by atoms with Gasteiger partial charge in [-0.1, -0.05) is 6.08 Å². The Labute approximate surface area is 103 Å². The maximum Gasteiger partial charge on any atom is 0.306 e. The summed E-state index contributed by atoms with van der Waals surface area (Å²) in [5.74, 6) is 0.177. The van der Waals surface area contributed by atoms with Gasteiger partial charge in [-0.2, -0.15) is 0 Å². The summed E-state index contributed by atoms with van der Waals surface area (Å²) in [4.78, 5) is 23.7. The van der Waals surface area contributed by atoms with E-state index < -0.39 is 5.41 Å². The number of rotatable bonds is 3. The summed E-state index contributed by atoms with van der Waals surface area (Å²) in [7, 11) is 0. The van der Waals surface area contributed by atoms with Crippen LogP contribution in [0.5, 0.6) is 0 Å². The zero-order chi connectivity index (χ0) is 11.8. The third-order valence-corrected chi connectivity index (χ3v) is 4.42. The van der Waals surface area contributed by atoms with E-state index in [0.29, 0.717) is 17.0 Å². The summed E-state index contributed by atoms with van der Waals surface area (Å²) in [6.07, 6.45) is 4.93. The summed E-state index contributed by atoms with van der Waals surface area (Å²) in [5, 5.41) is 0. The number of allylic oxidation sites excluding steroid dienone is 2. The van der Waals surface area contributed by atoms with Crippen molar-refractivity contribution in [3.63, 3.8) is 0 Å². The Morgan fingerprint density at radius 1 is 1.69 bits per heavy atom. The molecule has 0 aromatic heterocycles. The molecule has 1 fully saturated rings. The first-order valence-corrected chi connectivity index (χ1v) is 6.45. The van der Waals surface area contributed by atoms with Gasteiger partial charge >= 0.3 is 5.97 Å². The lowest BCUT2D eigenvalue weighted by Gasteiger charge is -2.49. The van der Waals surface area contributed by atoms with Gasteiger partial charge in [0.15, 0.2) is 5.78 Å². The predicted octanol–water partition coefficient (Wildman–Crippen LogP) is 2.59. The fourth-order valence-corrected chi connectivity index (χ4v) is 3.28. The topological polar surface area (TPSA) is 43.4 Å². The number of ether oxygens (including phenoxy) is 1. The molecule has 0 spiro atoms. The van der Waals surface area contributed by atoms with Crippen LogP contribution in [0.2, 0.25) is 0 Å². The molecular formula is C12H15BrO3. The normalized spacial score (nSPS) is 32.5. The first-order valence-electron chi connectivity index (χ1n) is 5.66. The number of carbonyl (C=O) groups excluding carboxylic acids is 2. The van der Waals surface area contributed by atoms with E-state index in [1.807, 2.05) is 6.08 Å². The Balaban J connectivity index is 2.14. The molecule has 0 N–H and O–H groups in total. The number of carbonyl (C=O) groups is 2. The van der Waals surface area contributed by atoms with Crippen LogP contribution in [0.3, 0.4) is 0 Å². The second-order valence-electron chi connectivity index (χ2n) is 4.49. The van der Waals surface area contributed by atoms with E-state index in [9.17, 15) is 9.59 Å². The van der Waals surface area contributed by atoms with E-state index in [4.69, 9.17) is 4.74 Å². The second kappa shape index (κ2) is 4.32. The van der Waals surface area contributed by atoms with Gasteiger partial charge in [-0.05, 0) is 48.0 Å². The fourth-order valence-electron chi connectivity index (χ4n) is 2.70. The van der Waals surface area contributed by atoms with Gasteiger partial charge in [0.05, 0.1) is 17.5 Å². The van der Waals surface area contributed by atoms with Crippen LogP contribution in [0.1, 0.15) is 32.6 Å². The average molecular weight is 287 g/mol. The first kappa shape index (κ1) is 11.8. The third kappa shape index (κ3) is 1.73. The highest BCUT2D eigenvalue weighted by Crippen LogP contribution is 2.56. The molecule has 16 heavy (non-hydrogen) atoms. The quantitative estimate of drug-likeness (QED) is 0.749. The largest absolute Gasteiger partial charge is 0.466 e. The molecule has 2 atom stereocenters. The molecule has 3 nitrogen and oxygen atoms in total. The summed E-state index contributed by atoms with van der Waals surface area (Å²) < 4.78 is 5.58. The van der Waals surface area contributed by atoms with Gasteiger partial charge in [0, 0.05) is 5.41 Å². The molecule has 0 aliphatic heterocycles. The van der Waals surface area contributed by atoms with Crippen LogP contribution < -0.4 is 0 Å². The van der Waals surface area contributed by atoms with Crippen molar-refractivity contribution in [2.24, 2.45) is 11.3 Å². The van der Waals surface area contributed by atoms with E-state index in [-0.39, 0.29) is 18.2 Å². The Morgan fingerprint density at radius 3 is 3.00 bits per heavy atom. The second-order valence-corrected chi connectivity index (χ2v) is 5.34. The van der Waals surface area contributed by atoms with Crippen molar-refractivity contribution in [1.82, 2.24) is 0 Å². The predicted molar refractivity (Wildman–Crippen MR) is 63.0 cm³/mol. The summed E-state index contributed by atoms with van der Waals surface area (Å²) in [6.45, 7) is 2.16. The first-order chi connectivity index (χ1) is 7.60. The zero-order valence-corrected chi connectivity index (χ0v) is 10.9. The Morgan fingerprint density at radius 2 is 2.44 bits per heavy atom. The lowest BCUT2D eigenvalue weighted by molar-refractivity contribution is -0.156. The summed E-state index contributed by atoms with van der Waals surface area (Å²) in [6, 6.07) is 0. The third-order valence-electron chi connectivity index (χ3n) is 3.74. The van der Waals surface area contributed by atoms with Crippen molar-refractivity contribution < 1.29 is 14.3 Å². The van der Waals surface area contributed by atoms with Gasteiger partial charge in [0.2, 0.25) is 0 Å². The Kier molecular flexibility index (Phi) is 3.19. The molecule has 0 radical (unpaired) electrons. The highest BCUT2D eigenvalue weighted by molar-refractivity contribution is 9.12. The average Bonchev–Trinajstić information content (AvgIpc) is 2.22. The minimum atomic E-state index is -0.458. The van der Waals surface area contributed by atoms with E-state index in [0.717, 1.165) is 19.3 Å². The van der Waals surface area contributed by atoms with Gasteiger partial charge in [0.25, 0.3) is 0 Å². The zero-order valence-electron chi connectivity index (χ0n) is 9.29. The molecule has 1 saturated carbocycles. The number of hydrogen-bond donors (Lipinski definition) is 0. The SMILES string of the molecule is CCOC(=O)C[C@]12CC[C@H]1CC=C(Br)C2=O. The smallest absolute Gasteiger partial charge is 0.306 e. The number of hydrogen-bond acceptors (Lipinski definition) is 3. The lowest BCUT2D eigenvalue weighted by Crippen LogP contribution is -2.50. The standard InChI is InChI=1S/C12H15BrO3/c1-2-16-10(14)7-12-6-5-8(12)3-4-9(13)11(12)15/h4,8H,2-3,5-7H2,1H3/t8-,12-/m1/s1. The minimum absolute atomic E-state index is 0.0862. The van der Waals surface area contributed by atoms with Crippen molar-refractivity contribution in [2.45, 2.75) is 32.6 Å². The van der Waals surface area contributed by atoms with Crippen molar-refractivity contribution >= 4 is 27.7 Å². The van der Waals surface area contributed by atoms with Crippen LogP contribution in [0.15, 0.2) is 10.6 Å². The maximum atomic E-state index is 12.1. The minimum Gasteiger partial charge on any atom is -0.466 e. The van der Waals surface area contributed by atoms with E-state index in [1.165, 1.54) is 0 Å². The molecule has 0 heterocycles. The summed E-state index contributed by atoms with van der Waals surface area (Å²) in [5.41, 5.74) is -0.458. The Bertz CT molecular complexity index is 361. The van der Waals surface area contributed by atoms with Crippen LogP contribution in [-0.2, 0) is 14.3 Å². The number of ketones is 1. The van der Waals surface area contributed by atoms with Crippen LogP contribution in [0.25, 0.3) is 0 Å². The molecule has 0 aromatic rings. The van der Waals surface area contributed by atoms with Crippen molar-refractivity contribution in [3.05, 3.63) is 10.6 Å². The molecule has 2 rings (SSSR count).